The van der Waals surface area contributed by atoms with E-state index >= 15 is 0 Å². The molecule has 0 aliphatic heterocycles. The summed E-state index contributed by atoms with van der Waals surface area (Å²) in [5.74, 6) is 2.50. The highest BCUT2D eigenvalue weighted by Gasteiger charge is 2.03. The molecule has 3 nitrogen and oxygen atoms in total. The van der Waals surface area contributed by atoms with Gasteiger partial charge in [-0.1, -0.05) is 5.92 Å². The van der Waals surface area contributed by atoms with Crippen molar-refractivity contribution >= 4 is 0 Å². The maximum absolute atomic E-state index is 9.14. The molecule has 3 heteroatoms. The second kappa shape index (κ2) is 6.17. The lowest BCUT2D eigenvalue weighted by Gasteiger charge is -2.12. The first-order valence-electron chi connectivity index (χ1n) is 3.57. The third kappa shape index (κ3) is 5.86. The van der Waals surface area contributed by atoms with Crippen LogP contribution in [0.5, 0.6) is 0 Å². The van der Waals surface area contributed by atoms with E-state index in [9.17, 15) is 0 Å². The Morgan fingerprint density at radius 1 is 1.73 bits per heavy atom. The minimum Gasteiger partial charge on any atom is -0.389 e. The molecule has 0 spiro atoms. The maximum atomic E-state index is 9.14. The summed E-state index contributed by atoms with van der Waals surface area (Å²) in [6, 6.07) is 0.00139. The van der Waals surface area contributed by atoms with Crippen molar-refractivity contribution in [1.29, 1.82) is 0 Å². The second-order valence-corrected chi connectivity index (χ2v) is 2.41. The molecule has 0 aliphatic rings. The fourth-order valence-corrected chi connectivity index (χ4v) is 0.623. The van der Waals surface area contributed by atoms with E-state index in [1.807, 2.05) is 6.92 Å². The fourth-order valence-electron chi connectivity index (χ4n) is 0.623. The van der Waals surface area contributed by atoms with Crippen molar-refractivity contribution in [2.45, 2.75) is 19.1 Å². The van der Waals surface area contributed by atoms with Crippen LogP contribution in [-0.2, 0) is 4.74 Å². The van der Waals surface area contributed by atoms with Gasteiger partial charge in [0.25, 0.3) is 0 Å². The van der Waals surface area contributed by atoms with Gasteiger partial charge in [0.2, 0.25) is 0 Å². The summed E-state index contributed by atoms with van der Waals surface area (Å²) in [4.78, 5) is 0. The lowest BCUT2D eigenvalue weighted by atomic mass is 10.3. The van der Waals surface area contributed by atoms with Crippen molar-refractivity contribution in [1.82, 2.24) is 5.32 Å². The summed E-state index contributed by atoms with van der Waals surface area (Å²) >= 11 is 0. The van der Waals surface area contributed by atoms with Gasteiger partial charge in [-0.25, -0.2) is 0 Å². The highest BCUT2D eigenvalue weighted by atomic mass is 16.5. The molecular weight excluding hydrogens is 142 g/mol. The normalized spacial score (nSPS) is 15.5. The van der Waals surface area contributed by atoms with Gasteiger partial charge in [-0.05, 0) is 6.92 Å². The van der Waals surface area contributed by atoms with Gasteiger partial charge in [-0.3, -0.25) is 0 Å². The summed E-state index contributed by atoms with van der Waals surface area (Å²) < 4.78 is 4.73. The Balaban J connectivity index is 3.31. The molecule has 0 aromatic carbocycles. The first-order chi connectivity index (χ1) is 5.20. The smallest absolute Gasteiger partial charge is 0.0897 e. The van der Waals surface area contributed by atoms with Crippen LogP contribution in [-0.4, -0.2) is 37.5 Å². The summed E-state index contributed by atoms with van der Waals surface area (Å²) in [5.41, 5.74) is 0. The lowest BCUT2D eigenvalue weighted by Crippen LogP contribution is -2.34. The summed E-state index contributed by atoms with van der Waals surface area (Å²) in [6.45, 7) is 2.67. The molecule has 0 saturated carbocycles. The summed E-state index contributed by atoms with van der Waals surface area (Å²) in [6.07, 6.45) is 4.63. The Labute approximate surface area is 67.8 Å². The molecule has 11 heavy (non-hydrogen) atoms. The first kappa shape index (κ1) is 10.4. The standard InChI is InChI=1S/C8H15NO2/c1-4-7(2)9-5-8(10)6-11-3/h1,7-10H,5-6H2,2-3H3. The minimum atomic E-state index is -0.476. The van der Waals surface area contributed by atoms with E-state index < -0.39 is 6.10 Å². The largest absolute Gasteiger partial charge is 0.389 e. The van der Waals surface area contributed by atoms with Crippen LogP contribution in [0.4, 0.5) is 0 Å². The van der Waals surface area contributed by atoms with Crippen LogP contribution in [0.1, 0.15) is 6.92 Å². The number of hydrogen-bond acceptors (Lipinski definition) is 3. The van der Waals surface area contributed by atoms with E-state index in [2.05, 4.69) is 11.2 Å². The van der Waals surface area contributed by atoms with E-state index in [1.165, 1.54) is 0 Å². The molecule has 64 valence electrons. The summed E-state index contributed by atoms with van der Waals surface area (Å²) in [5, 5.41) is 12.1. The van der Waals surface area contributed by atoms with E-state index in [1.54, 1.807) is 7.11 Å². The van der Waals surface area contributed by atoms with Crippen molar-refractivity contribution in [3.05, 3.63) is 0 Å². The average Bonchev–Trinajstić information content (AvgIpc) is 2.01. The SMILES string of the molecule is C#CC(C)NCC(O)COC. The summed E-state index contributed by atoms with van der Waals surface area (Å²) in [7, 11) is 1.55. The van der Waals surface area contributed by atoms with Gasteiger partial charge in [0.05, 0.1) is 18.8 Å². The number of ether oxygens (including phenoxy) is 1. The van der Waals surface area contributed by atoms with Crippen LogP contribution in [0.25, 0.3) is 0 Å². The predicted molar refractivity (Wildman–Crippen MR) is 44.2 cm³/mol. The Morgan fingerprint density at radius 2 is 2.36 bits per heavy atom. The molecule has 0 heterocycles. The Kier molecular flexibility index (Phi) is 5.86. The Morgan fingerprint density at radius 3 is 2.82 bits per heavy atom. The molecule has 0 saturated heterocycles. The lowest BCUT2D eigenvalue weighted by molar-refractivity contribution is 0.0640. The highest BCUT2D eigenvalue weighted by Crippen LogP contribution is 1.83. The highest BCUT2D eigenvalue weighted by molar-refractivity contribution is 4.95. The molecule has 0 aliphatic carbocycles. The molecule has 0 fully saturated rings. The molecule has 2 N–H and O–H groups in total. The van der Waals surface area contributed by atoms with E-state index in [0.717, 1.165) is 0 Å². The quantitative estimate of drug-likeness (QED) is 0.534. The van der Waals surface area contributed by atoms with Gasteiger partial charge in [0.1, 0.15) is 0 Å². The predicted octanol–water partition coefficient (Wildman–Crippen LogP) is -0.395. The molecule has 0 bridgehead atoms. The number of methoxy groups -OCH3 is 1. The van der Waals surface area contributed by atoms with Crippen molar-refractivity contribution in [3.63, 3.8) is 0 Å². The van der Waals surface area contributed by atoms with E-state index in [-0.39, 0.29) is 6.04 Å². The number of hydrogen-bond donors (Lipinski definition) is 2. The van der Waals surface area contributed by atoms with Crippen LogP contribution in [0, 0.1) is 12.3 Å². The molecule has 2 atom stereocenters. The maximum Gasteiger partial charge on any atom is 0.0897 e. The van der Waals surface area contributed by atoms with Crippen LogP contribution in [0.15, 0.2) is 0 Å². The van der Waals surface area contributed by atoms with Crippen molar-refractivity contribution in [3.8, 4) is 12.3 Å². The zero-order valence-electron chi connectivity index (χ0n) is 7.00. The molecule has 0 aromatic rings. The molecule has 0 amide bonds. The minimum absolute atomic E-state index is 0.00139. The van der Waals surface area contributed by atoms with Gasteiger partial charge in [-0.2, -0.15) is 0 Å². The van der Waals surface area contributed by atoms with Crippen LogP contribution >= 0.6 is 0 Å². The van der Waals surface area contributed by atoms with Crippen molar-refractivity contribution in [2.75, 3.05) is 20.3 Å². The number of nitrogens with one attached hydrogen (secondary N) is 1. The zero-order valence-corrected chi connectivity index (χ0v) is 7.00. The molecule has 0 aromatic heterocycles. The first-order valence-corrected chi connectivity index (χ1v) is 3.57. The number of terminal acetylenes is 1. The Bertz CT molecular complexity index is 131. The average molecular weight is 157 g/mol. The number of rotatable bonds is 5. The number of aliphatic hydroxyl groups excluding tert-OH is 1. The molecule has 0 radical (unpaired) electrons. The van der Waals surface area contributed by atoms with Crippen molar-refractivity contribution in [2.24, 2.45) is 0 Å². The van der Waals surface area contributed by atoms with Gasteiger partial charge in [-0.15, -0.1) is 6.42 Å². The molecule has 2 unspecified atom stereocenters. The second-order valence-electron chi connectivity index (χ2n) is 2.41. The monoisotopic (exact) mass is 157 g/mol. The van der Waals surface area contributed by atoms with Crippen LogP contribution in [0.3, 0.4) is 0 Å². The third-order valence-electron chi connectivity index (χ3n) is 1.27. The molecule has 0 rings (SSSR count). The number of aliphatic hydroxyl groups is 1. The fraction of sp³-hybridized carbons (Fsp3) is 0.750. The molecular formula is C8H15NO2. The van der Waals surface area contributed by atoms with Gasteiger partial charge < -0.3 is 15.2 Å². The van der Waals surface area contributed by atoms with Crippen LogP contribution < -0.4 is 5.32 Å². The van der Waals surface area contributed by atoms with Crippen molar-refractivity contribution < 1.29 is 9.84 Å². The van der Waals surface area contributed by atoms with Crippen LogP contribution in [0.2, 0.25) is 0 Å². The van der Waals surface area contributed by atoms with Gasteiger partial charge >= 0.3 is 0 Å². The van der Waals surface area contributed by atoms with E-state index in [4.69, 9.17) is 16.3 Å². The van der Waals surface area contributed by atoms with Gasteiger partial charge in [0, 0.05) is 13.7 Å². The van der Waals surface area contributed by atoms with Gasteiger partial charge in [0.15, 0.2) is 0 Å². The Hall–Kier alpha value is -0.560. The van der Waals surface area contributed by atoms with E-state index in [0.29, 0.717) is 13.2 Å². The third-order valence-corrected chi connectivity index (χ3v) is 1.27. The zero-order chi connectivity index (χ0) is 8.69. The topological polar surface area (TPSA) is 41.5 Å².